The maximum Gasteiger partial charge on any atom is 0.410 e. The van der Waals surface area contributed by atoms with Gasteiger partial charge in [-0.1, -0.05) is 0 Å². The summed E-state index contributed by atoms with van der Waals surface area (Å²) in [6, 6.07) is 0.301. The van der Waals surface area contributed by atoms with Crippen molar-refractivity contribution in [3.63, 3.8) is 0 Å². The maximum absolute atomic E-state index is 12.2. The molecule has 0 aromatic carbocycles. The molecule has 2 N–H and O–H groups in total. The highest BCUT2D eigenvalue weighted by atomic mass is 16.6. The smallest absolute Gasteiger partial charge is 0.410 e. The highest BCUT2D eigenvalue weighted by molar-refractivity contribution is 5.68. The number of nitrogens with zero attached hydrogens (tertiary/aromatic N) is 1. The minimum absolute atomic E-state index is 0.206. The molecule has 1 aliphatic carbocycles. The van der Waals surface area contributed by atoms with Gasteiger partial charge >= 0.3 is 6.09 Å². The van der Waals surface area contributed by atoms with Crippen LogP contribution in [0.4, 0.5) is 4.79 Å². The van der Waals surface area contributed by atoms with Gasteiger partial charge in [0.15, 0.2) is 0 Å². The molecule has 5 nitrogen and oxygen atoms in total. The second kappa shape index (κ2) is 6.75. The fourth-order valence-corrected chi connectivity index (χ4v) is 3.19. The number of aliphatic hydroxyl groups is 1. The van der Waals surface area contributed by atoms with Crippen LogP contribution in [0.15, 0.2) is 0 Å². The molecule has 2 atom stereocenters. The van der Waals surface area contributed by atoms with Crippen molar-refractivity contribution in [3.05, 3.63) is 0 Å². The standard InChI is InChI=1S/C17H32N2O3/c1-13(18-12-17(21)8-6-9-17)14-7-5-10-19(11-14)15(20)22-16(2,3)4/h13-14,18,21H,5-12H2,1-4H3. The Kier molecular flexibility index (Phi) is 5.38. The Bertz CT molecular complexity index is 388. The van der Waals surface area contributed by atoms with Gasteiger partial charge in [0.2, 0.25) is 0 Å². The highest BCUT2D eigenvalue weighted by Crippen LogP contribution is 2.31. The summed E-state index contributed by atoms with van der Waals surface area (Å²) in [6.07, 6.45) is 4.86. The van der Waals surface area contributed by atoms with E-state index < -0.39 is 11.2 Å². The highest BCUT2D eigenvalue weighted by Gasteiger charge is 2.36. The third-order valence-corrected chi connectivity index (χ3v) is 4.85. The predicted octanol–water partition coefficient (Wildman–Crippen LogP) is 2.53. The first-order chi connectivity index (χ1) is 10.2. The molecule has 0 aromatic rings. The van der Waals surface area contributed by atoms with Crippen molar-refractivity contribution in [3.8, 4) is 0 Å². The van der Waals surface area contributed by atoms with Gasteiger partial charge in [0.25, 0.3) is 0 Å². The SMILES string of the molecule is CC(NCC1(O)CCC1)C1CCCN(C(=O)OC(C)(C)C)C1. The number of amides is 1. The van der Waals surface area contributed by atoms with Gasteiger partial charge in [0, 0.05) is 25.7 Å². The van der Waals surface area contributed by atoms with Crippen LogP contribution in [0.3, 0.4) is 0 Å². The minimum atomic E-state index is -0.492. The number of rotatable bonds is 4. The zero-order valence-electron chi connectivity index (χ0n) is 14.5. The molecule has 0 radical (unpaired) electrons. The lowest BCUT2D eigenvalue weighted by Crippen LogP contribution is -2.52. The number of ether oxygens (including phenoxy) is 1. The Morgan fingerprint density at radius 1 is 1.41 bits per heavy atom. The number of hydrogen-bond donors (Lipinski definition) is 2. The summed E-state index contributed by atoms with van der Waals surface area (Å²) in [5, 5.41) is 13.7. The molecule has 1 amide bonds. The minimum Gasteiger partial charge on any atom is -0.444 e. The fourth-order valence-electron chi connectivity index (χ4n) is 3.19. The molecule has 2 fully saturated rings. The van der Waals surface area contributed by atoms with Crippen molar-refractivity contribution in [2.45, 2.75) is 77.0 Å². The van der Waals surface area contributed by atoms with Gasteiger partial charge in [-0.25, -0.2) is 4.79 Å². The molecule has 0 bridgehead atoms. The summed E-state index contributed by atoms with van der Waals surface area (Å²) in [5.41, 5.74) is -0.935. The maximum atomic E-state index is 12.2. The molecule has 0 spiro atoms. The average Bonchev–Trinajstić information content (AvgIpc) is 2.41. The van der Waals surface area contributed by atoms with E-state index in [4.69, 9.17) is 4.74 Å². The van der Waals surface area contributed by atoms with Crippen LogP contribution in [-0.4, -0.2) is 53.0 Å². The predicted molar refractivity (Wildman–Crippen MR) is 86.8 cm³/mol. The molecule has 2 rings (SSSR count). The average molecular weight is 312 g/mol. The quantitative estimate of drug-likeness (QED) is 0.837. The third kappa shape index (κ3) is 4.85. The van der Waals surface area contributed by atoms with Gasteiger partial charge in [0.05, 0.1) is 5.60 Å². The number of nitrogens with one attached hydrogen (secondary N) is 1. The van der Waals surface area contributed by atoms with Crippen molar-refractivity contribution in [2.24, 2.45) is 5.92 Å². The summed E-state index contributed by atoms with van der Waals surface area (Å²) in [4.78, 5) is 14.0. The van der Waals surface area contributed by atoms with Crippen molar-refractivity contribution < 1.29 is 14.6 Å². The van der Waals surface area contributed by atoms with Crippen molar-refractivity contribution >= 4 is 6.09 Å². The summed E-state index contributed by atoms with van der Waals surface area (Å²) in [6.45, 7) is 10.0. The van der Waals surface area contributed by atoms with Gasteiger partial charge in [-0.15, -0.1) is 0 Å². The second-order valence-electron chi connectivity index (χ2n) is 8.08. The lowest BCUT2D eigenvalue weighted by molar-refractivity contribution is -0.0354. The lowest BCUT2D eigenvalue weighted by Gasteiger charge is -2.40. The molecule has 2 aliphatic rings. The normalized spacial score (nSPS) is 26.2. The van der Waals surface area contributed by atoms with E-state index in [0.717, 1.165) is 45.2 Å². The molecule has 5 heteroatoms. The zero-order valence-corrected chi connectivity index (χ0v) is 14.5. The van der Waals surface area contributed by atoms with Crippen LogP contribution >= 0.6 is 0 Å². The molecule has 0 aromatic heterocycles. The fraction of sp³-hybridized carbons (Fsp3) is 0.941. The third-order valence-electron chi connectivity index (χ3n) is 4.85. The van der Waals surface area contributed by atoms with E-state index in [1.165, 1.54) is 0 Å². The van der Waals surface area contributed by atoms with Crippen molar-refractivity contribution in [2.75, 3.05) is 19.6 Å². The number of likely N-dealkylation sites (tertiary alicyclic amines) is 1. The van der Waals surface area contributed by atoms with Crippen molar-refractivity contribution in [1.29, 1.82) is 0 Å². The Hall–Kier alpha value is -0.810. The van der Waals surface area contributed by atoms with E-state index >= 15 is 0 Å². The molecule has 1 heterocycles. The Morgan fingerprint density at radius 3 is 2.64 bits per heavy atom. The monoisotopic (exact) mass is 312 g/mol. The first-order valence-electron chi connectivity index (χ1n) is 8.62. The van der Waals surface area contributed by atoms with Gasteiger partial charge < -0.3 is 20.1 Å². The van der Waals surface area contributed by atoms with Crippen molar-refractivity contribution in [1.82, 2.24) is 10.2 Å². The largest absolute Gasteiger partial charge is 0.444 e. The van der Waals surface area contributed by atoms with Gasteiger partial charge in [-0.05, 0) is 65.7 Å². The lowest BCUT2D eigenvalue weighted by atomic mass is 9.80. The van der Waals surface area contributed by atoms with Crippen LogP contribution in [0.1, 0.15) is 59.8 Å². The van der Waals surface area contributed by atoms with E-state index in [-0.39, 0.29) is 6.09 Å². The molecule has 1 saturated heterocycles. The van der Waals surface area contributed by atoms with E-state index in [0.29, 0.717) is 18.5 Å². The second-order valence-corrected chi connectivity index (χ2v) is 8.08. The zero-order chi connectivity index (χ0) is 16.4. The van der Waals surface area contributed by atoms with Crippen LogP contribution in [0.2, 0.25) is 0 Å². The van der Waals surface area contributed by atoms with Crippen LogP contribution < -0.4 is 5.32 Å². The number of hydrogen-bond acceptors (Lipinski definition) is 4. The van der Waals surface area contributed by atoms with Gasteiger partial charge in [-0.2, -0.15) is 0 Å². The summed E-state index contributed by atoms with van der Waals surface area (Å²) in [5.74, 6) is 0.421. The first kappa shape index (κ1) is 17.5. The van der Waals surface area contributed by atoms with Gasteiger partial charge in [-0.3, -0.25) is 0 Å². The molecule has 1 saturated carbocycles. The van der Waals surface area contributed by atoms with Crippen LogP contribution in [-0.2, 0) is 4.74 Å². The van der Waals surface area contributed by atoms with Crippen LogP contribution in [0, 0.1) is 5.92 Å². The molecular formula is C17H32N2O3. The summed E-state index contributed by atoms with van der Waals surface area (Å²) in [7, 11) is 0. The molecule has 22 heavy (non-hydrogen) atoms. The number of carbonyl (C=O) groups is 1. The van der Waals surface area contributed by atoms with E-state index in [1.807, 2.05) is 25.7 Å². The summed E-state index contributed by atoms with van der Waals surface area (Å²) >= 11 is 0. The Labute approximate surface area is 134 Å². The van der Waals surface area contributed by atoms with E-state index in [1.54, 1.807) is 0 Å². The summed E-state index contributed by atoms with van der Waals surface area (Å²) < 4.78 is 5.47. The number of carbonyl (C=O) groups excluding carboxylic acids is 1. The molecular weight excluding hydrogens is 280 g/mol. The van der Waals surface area contributed by atoms with Crippen LogP contribution in [0.5, 0.6) is 0 Å². The van der Waals surface area contributed by atoms with E-state index in [9.17, 15) is 9.90 Å². The molecule has 128 valence electrons. The molecule has 2 unspecified atom stereocenters. The Morgan fingerprint density at radius 2 is 2.09 bits per heavy atom. The van der Waals surface area contributed by atoms with Crippen LogP contribution in [0.25, 0.3) is 0 Å². The Balaban J connectivity index is 1.80. The van der Waals surface area contributed by atoms with E-state index in [2.05, 4.69) is 12.2 Å². The van der Waals surface area contributed by atoms with Gasteiger partial charge in [0.1, 0.15) is 5.60 Å². The molecule has 1 aliphatic heterocycles. The first-order valence-corrected chi connectivity index (χ1v) is 8.62. The topological polar surface area (TPSA) is 61.8 Å². The number of piperidine rings is 1.